The van der Waals surface area contributed by atoms with E-state index < -0.39 is 0 Å². The molecule has 3 aromatic heterocycles. The molecule has 0 amide bonds. The number of aromatic nitrogens is 3. The van der Waals surface area contributed by atoms with Crippen molar-refractivity contribution >= 4 is 43.9 Å². The molecule has 0 saturated carbocycles. The Balaban J connectivity index is 1.17. The first-order valence-electron chi connectivity index (χ1n) is 16.6. The number of rotatable bonds is 5. The molecule has 3 heterocycles. The third-order valence-electron chi connectivity index (χ3n) is 9.35. The van der Waals surface area contributed by atoms with Crippen molar-refractivity contribution in [3.63, 3.8) is 0 Å². The summed E-state index contributed by atoms with van der Waals surface area (Å²) in [6, 6.07) is 55.6. The lowest BCUT2D eigenvalue weighted by molar-refractivity contribution is 0.665. The quantitative estimate of drug-likeness (QED) is 0.187. The third-order valence-corrected chi connectivity index (χ3v) is 9.35. The van der Waals surface area contributed by atoms with E-state index in [1.807, 2.05) is 91.0 Å². The average Bonchev–Trinajstić information content (AvgIpc) is 3.78. The largest absolute Gasteiger partial charge is 0.455 e. The fourth-order valence-corrected chi connectivity index (χ4v) is 7.00. The van der Waals surface area contributed by atoms with Crippen LogP contribution in [0.15, 0.2) is 173 Å². The topological polar surface area (TPSA) is 65.0 Å². The maximum Gasteiger partial charge on any atom is 0.164 e. The lowest BCUT2D eigenvalue weighted by Crippen LogP contribution is -2.00. The minimum absolute atomic E-state index is 0.612. The van der Waals surface area contributed by atoms with Crippen molar-refractivity contribution in [3.05, 3.63) is 164 Å². The monoisotopic (exact) mass is 641 g/mol. The number of benzene rings is 7. The van der Waals surface area contributed by atoms with Crippen molar-refractivity contribution in [3.8, 4) is 56.4 Å². The number of para-hydroxylation sites is 3. The van der Waals surface area contributed by atoms with Crippen molar-refractivity contribution in [1.82, 2.24) is 15.0 Å². The highest BCUT2D eigenvalue weighted by Crippen LogP contribution is 2.45. The summed E-state index contributed by atoms with van der Waals surface area (Å²) >= 11 is 0. The summed E-state index contributed by atoms with van der Waals surface area (Å²) in [6.45, 7) is 0. The summed E-state index contributed by atoms with van der Waals surface area (Å²) in [6.07, 6.45) is 0. The van der Waals surface area contributed by atoms with Gasteiger partial charge in [0, 0.05) is 49.4 Å². The number of hydrogen-bond donors (Lipinski definition) is 0. The molecule has 10 aromatic rings. The van der Waals surface area contributed by atoms with Gasteiger partial charge in [0.15, 0.2) is 17.5 Å². The second-order valence-corrected chi connectivity index (χ2v) is 12.4. The summed E-state index contributed by atoms with van der Waals surface area (Å²) in [5.41, 5.74) is 10.2. The first-order valence-corrected chi connectivity index (χ1v) is 16.6. The first kappa shape index (κ1) is 28.2. The van der Waals surface area contributed by atoms with Gasteiger partial charge in [0.25, 0.3) is 0 Å². The minimum Gasteiger partial charge on any atom is -0.455 e. The molecular weight excluding hydrogens is 615 g/mol. The van der Waals surface area contributed by atoms with E-state index in [-0.39, 0.29) is 0 Å². The lowest BCUT2D eigenvalue weighted by atomic mass is 9.93. The Hall–Kier alpha value is -6.85. The highest BCUT2D eigenvalue weighted by molar-refractivity contribution is 6.18. The molecule has 5 heteroatoms. The van der Waals surface area contributed by atoms with Crippen LogP contribution in [0.4, 0.5) is 0 Å². The molecule has 0 N–H and O–H groups in total. The Bertz CT molecular complexity index is 2810. The van der Waals surface area contributed by atoms with Crippen LogP contribution in [-0.2, 0) is 0 Å². The smallest absolute Gasteiger partial charge is 0.164 e. The predicted octanol–water partition coefficient (Wildman–Crippen LogP) is 12.0. The van der Waals surface area contributed by atoms with E-state index in [1.54, 1.807) is 0 Å². The van der Waals surface area contributed by atoms with E-state index in [0.717, 1.165) is 82.8 Å². The summed E-state index contributed by atoms with van der Waals surface area (Å²) in [5.74, 6) is 1.88. The van der Waals surface area contributed by atoms with Gasteiger partial charge in [0.1, 0.15) is 22.3 Å². The van der Waals surface area contributed by atoms with Gasteiger partial charge in [-0.25, -0.2) is 15.0 Å². The third kappa shape index (κ3) is 4.60. The Labute approximate surface area is 287 Å². The highest BCUT2D eigenvalue weighted by atomic mass is 16.3. The van der Waals surface area contributed by atoms with Gasteiger partial charge >= 0.3 is 0 Å². The van der Waals surface area contributed by atoms with Gasteiger partial charge in [0.2, 0.25) is 0 Å². The van der Waals surface area contributed by atoms with Crippen molar-refractivity contribution in [2.24, 2.45) is 0 Å². The Morgan fingerprint density at radius 1 is 0.320 bits per heavy atom. The average molecular weight is 642 g/mol. The van der Waals surface area contributed by atoms with Crippen LogP contribution in [0, 0.1) is 0 Å². The first-order chi connectivity index (χ1) is 24.8. The minimum atomic E-state index is 0.612. The molecule has 0 aliphatic heterocycles. The second-order valence-electron chi connectivity index (χ2n) is 12.4. The van der Waals surface area contributed by atoms with E-state index in [1.165, 1.54) is 0 Å². The van der Waals surface area contributed by atoms with Crippen molar-refractivity contribution in [1.29, 1.82) is 0 Å². The summed E-state index contributed by atoms with van der Waals surface area (Å²) in [5, 5.41) is 4.29. The van der Waals surface area contributed by atoms with E-state index in [2.05, 4.69) is 72.8 Å². The Kier molecular flexibility index (Phi) is 6.42. The van der Waals surface area contributed by atoms with Gasteiger partial charge in [-0.05, 0) is 35.4 Å². The standard InChI is InChI=1S/C45H27N3O2/c1-3-13-28(14-4-1)43-46-44(29-15-5-2-6-16-29)48-45(47-43)31-18-11-17-30(27-31)32-25-26-36(42-40(32)37-20-8-10-24-39(37)50-42)35-22-12-21-34-33-19-7-9-23-38(33)49-41(34)35/h1-27H. The van der Waals surface area contributed by atoms with Crippen LogP contribution in [0.3, 0.4) is 0 Å². The van der Waals surface area contributed by atoms with Gasteiger partial charge in [-0.2, -0.15) is 0 Å². The van der Waals surface area contributed by atoms with Crippen LogP contribution in [0.2, 0.25) is 0 Å². The van der Waals surface area contributed by atoms with E-state index >= 15 is 0 Å². The maximum absolute atomic E-state index is 6.69. The zero-order chi connectivity index (χ0) is 33.0. The molecule has 234 valence electrons. The zero-order valence-electron chi connectivity index (χ0n) is 26.7. The zero-order valence-corrected chi connectivity index (χ0v) is 26.7. The summed E-state index contributed by atoms with van der Waals surface area (Å²) in [4.78, 5) is 14.9. The highest BCUT2D eigenvalue weighted by Gasteiger charge is 2.21. The predicted molar refractivity (Wildman–Crippen MR) is 202 cm³/mol. The molecule has 0 unspecified atom stereocenters. The van der Waals surface area contributed by atoms with Crippen molar-refractivity contribution in [2.45, 2.75) is 0 Å². The molecule has 0 bridgehead atoms. The van der Waals surface area contributed by atoms with Crippen LogP contribution in [-0.4, -0.2) is 15.0 Å². The maximum atomic E-state index is 6.69. The molecule has 0 aliphatic rings. The van der Waals surface area contributed by atoms with Gasteiger partial charge in [-0.1, -0.05) is 140 Å². The number of hydrogen-bond acceptors (Lipinski definition) is 5. The normalized spacial score (nSPS) is 11.6. The van der Waals surface area contributed by atoms with E-state index in [4.69, 9.17) is 23.8 Å². The molecule has 10 rings (SSSR count). The molecule has 50 heavy (non-hydrogen) atoms. The van der Waals surface area contributed by atoms with Crippen molar-refractivity contribution in [2.75, 3.05) is 0 Å². The van der Waals surface area contributed by atoms with Gasteiger partial charge in [-0.3, -0.25) is 0 Å². The molecule has 0 radical (unpaired) electrons. The van der Waals surface area contributed by atoms with Gasteiger partial charge < -0.3 is 8.83 Å². The number of nitrogens with zero attached hydrogens (tertiary/aromatic N) is 3. The molecule has 0 atom stereocenters. The van der Waals surface area contributed by atoms with Crippen LogP contribution in [0.1, 0.15) is 0 Å². The molecule has 0 saturated heterocycles. The molecule has 7 aromatic carbocycles. The lowest BCUT2D eigenvalue weighted by Gasteiger charge is -2.11. The van der Waals surface area contributed by atoms with Gasteiger partial charge in [0.05, 0.1) is 0 Å². The molecule has 0 spiro atoms. The molecule has 0 fully saturated rings. The fourth-order valence-electron chi connectivity index (χ4n) is 7.00. The number of furan rings is 2. The molecule has 5 nitrogen and oxygen atoms in total. The SMILES string of the molecule is c1ccc(-c2nc(-c3ccccc3)nc(-c3cccc(-c4ccc(-c5cccc6c5oc5ccccc56)c5oc6ccccc6c45)c3)n2)cc1. The number of fused-ring (bicyclic) bond motifs is 6. The molecular formula is C45H27N3O2. The fraction of sp³-hybridized carbons (Fsp3) is 0. The van der Waals surface area contributed by atoms with Crippen molar-refractivity contribution < 1.29 is 8.83 Å². The van der Waals surface area contributed by atoms with Crippen LogP contribution in [0.25, 0.3) is 100 Å². The summed E-state index contributed by atoms with van der Waals surface area (Å²) in [7, 11) is 0. The molecule has 0 aliphatic carbocycles. The van der Waals surface area contributed by atoms with Gasteiger partial charge in [-0.15, -0.1) is 0 Å². The summed E-state index contributed by atoms with van der Waals surface area (Å²) < 4.78 is 13.2. The Morgan fingerprint density at radius 3 is 1.52 bits per heavy atom. The Morgan fingerprint density at radius 2 is 0.800 bits per heavy atom. The van der Waals surface area contributed by atoms with E-state index in [0.29, 0.717) is 17.5 Å². The van der Waals surface area contributed by atoms with Crippen LogP contribution in [0.5, 0.6) is 0 Å². The van der Waals surface area contributed by atoms with E-state index in [9.17, 15) is 0 Å². The van der Waals surface area contributed by atoms with Crippen LogP contribution < -0.4 is 0 Å². The van der Waals surface area contributed by atoms with Crippen LogP contribution >= 0.6 is 0 Å². The second kappa shape index (κ2) is 11.4.